The van der Waals surface area contributed by atoms with Gasteiger partial charge in [-0.1, -0.05) is 72.3 Å². The van der Waals surface area contributed by atoms with E-state index in [1.165, 1.54) is 38.5 Å². The van der Waals surface area contributed by atoms with Gasteiger partial charge in [-0.2, -0.15) is 5.10 Å². The maximum atomic E-state index is 13.9. The number of amides is 4. The Hall–Kier alpha value is -4.92. The van der Waals surface area contributed by atoms with Gasteiger partial charge in [0.05, 0.1) is 29.7 Å². The van der Waals surface area contributed by atoms with Crippen molar-refractivity contribution < 1.29 is 19.2 Å². The molecule has 0 spiro atoms. The van der Waals surface area contributed by atoms with E-state index in [-0.39, 0.29) is 35.2 Å². The summed E-state index contributed by atoms with van der Waals surface area (Å²) in [5, 5.41) is 17.6. The number of fused-ring (bicyclic) bond motifs is 4. The van der Waals surface area contributed by atoms with Gasteiger partial charge in [-0.15, -0.1) is 22.7 Å². The second-order valence-electron chi connectivity index (χ2n) is 11.3. The Labute approximate surface area is 289 Å². The second kappa shape index (κ2) is 14.5. The predicted molar refractivity (Wildman–Crippen MR) is 182 cm³/mol. The van der Waals surface area contributed by atoms with Crippen molar-refractivity contribution in [2.24, 2.45) is 7.05 Å². The van der Waals surface area contributed by atoms with E-state index in [9.17, 15) is 19.2 Å². The van der Waals surface area contributed by atoms with Crippen LogP contribution in [0.5, 0.6) is 0 Å². The Bertz CT molecular complexity index is 1940. The van der Waals surface area contributed by atoms with Gasteiger partial charge in [0.25, 0.3) is 17.7 Å². The fraction of sp³-hybridized carbons (Fsp3) is 0.242. The molecule has 0 saturated carbocycles. The van der Waals surface area contributed by atoms with E-state index in [1.807, 2.05) is 60.7 Å². The predicted octanol–water partition coefficient (Wildman–Crippen LogP) is 4.50. The largest absolute Gasteiger partial charge is 0.346 e. The third kappa shape index (κ3) is 7.62. The number of carbonyl (C=O) groups excluding carboxylic acids is 4. The summed E-state index contributed by atoms with van der Waals surface area (Å²) in [7, 11) is 1.64. The average Bonchev–Trinajstić information content (AvgIpc) is 3.84. The summed E-state index contributed by atoms with van der Waals surface area (Å²) >= 11 is 8.85. The number of hydrogen-bond acceptors (Lipinski definition) is 9. The lowest BCUT2D eigenvalue weighted by Gasteiger charge is -2.28. The standard InChI is InChI=1S/C33H31ClN8O4S2/c1-19-31-38-25(17-47-31)29(44)36-23(13-20-9-5-3-6-10-20)32-39-26(18-48-32)30(45)37-24(21-11-7-4-8-12-21)15-42(16-27(43)35-19)33(46)28-22(34)14-41(2)40-28/h3-12,14,17-19,23-24H,13,15-16H2,1-2H3,(H,35,43)(H,36,44)(H,37,45)/t19-,23+,24-/m0/s1. The number of nitrogens with zero attached hydrogens (tertiary/aromatic N) is 5. The van der Waals surface area contributed by atoms with Gasteiger partial charge < -0.3 is 20.9 Å². The van der Waals surface area contributed by atoms with Gasteiger partial charge in [-0.05, 0) is 24.5 Å². The molecule has 3 aromatic heterocycles. The topological polar surface area (TPSA) is 151 Å². The van der Waals surface area contributed by atoms with Crippen LogP contribution in [-0.4, -0.2) is 61.4 Å². The number of halogens is 1. The van der Waals surface area contributed by atoms with Gasteiger partial charge in [0, 0.05) is 30.5 Å². The molecule has 0 saturated heterocycles. The van der Waals surface area contributed by atoms with Gasteiger partial charge in [0.2, 0.25) is 5.91 Å². The Balaban J connectivity index is 1.39. The summed E-state index contributed by atoms with van der Waals surface area (Å²) in [6.45, 7) is 1.31. The van der Waals surface area contributed by atoms with Crippen molar-refractivity contribution in [3.63, 3.8) is 0 Å². The molecule has 4 bridgehead atoms. The van der Waals surface area contributed by atoms with E-state index in [0.29, 0.717) is 22.0 Å². The Morgan fingerprint density at radius 1 is 0.896 bits per heavy atom. The minimum absolute atomic E-state index is 0.0236. The molecule has 3 atom stereocenters. The summed E-state index contributed by atoms with van der Waals surface area (Å²) in [5.41, 5.74) is 2.00. The van der Waals surface area contributed by atoms with Crippen LogP contribution < -0.4 is 16.0 Å². The number of benzene rings is 2. The van der Waals surface area contributed by atoms with Gasteiger partial charge in [0.1, 0.15) is 21.4 Å². The molecule has 0 radical (unpaired) electrons. The van der Waals surface area contributed by atoms with Crippen LogP contribution in [0.1, 0.15) is 77.7 Å². The van der Waals surface area contributed by atoms with Crippen LogP contribution in [0, 0.1) is 0 Å². The number of aromatic nitrogens is 4. The van der Waals surface area contributed by atoms with Crippen LogP contribution in [0.2, 0.25) is 5.02 Å². The number of nitrogens with one attached hydrogen (secondary N) is 3. The summed E-state index contributed by atoms with van der Waals surface area (Å²) in [4.78, 5) is 65.0. The molecular weight excluding hydrogens is 672 g/mol. The number of carbonyl (C=O) groups is 4. The molecule has 246 valence electrons. The Morgan fingerprint density at radius 2 is 1.52 bits per heavy atom. The molecule has 15 heteroatoms. The minimum atomic E-state index is -0.735. The molecule has 5 aromatic rings. The quantitative estimate of drug-likeness (QED) is 0.249. The first-order valence-corrected chi connectivity index (χ1v) is 17.2. The van der Waals surface area contributed by atoms with E-state index in [1.54, 1.807) is 24.7 Å². The van der Waals surface area contributed by atoms with Crippen LogP contribution in [-0.2, 0) is 18.3 Å². The van der Waals surface area contributed by atoms with Gasteiger partial charge in [-0.25, -0.2) is 9.97 Å². The highest BCUT2D eigenvalue weighted by Crippen LogP contribution is 2.26. The third-order valence-electron chi connectivity index (χ3n) is 7.66. The fourth-order valence-electron chi connectivity index (χ4n) is 5.29. The summed E-state index contributed by atoms with van der Waals surface area (Å²) in [5.74, 6) is -1.95. The zero-order chi connectivity index (χ0) is 33.8. The minimum Gasteiger partial charge on any atom is -0.346 e. The molecule has 1 aliphatic rings. The van der Waals surface area contributed by atoms with E-state index >= 15 is 0 Å². The van der Waals surface area contributed by atoms with E-state index < -0.39 is 41.8 Å². The average molecular weight is 703 g/mol. The number of aryl methyl sites for hydroxylation is 1. The first-order valence-electron chi connectivity index (χ1n) is 15.0. The molecule has 1 aliphatic heterocycles. The smallest absolute Gasteiger partial charge is 0.276 e. The third-order valence-corrected chi connectivity index (χ3v) is 9.92. The molecule has 6 rings (SSSR count). The lowest BCUT2D eigenvalue weighted by Crippen LogP contribution is -2.46. The highest BCUT2D eigenvalue weighted by atomic mass is 35.5. The lowest BCUT2D eigenvalue weighted by molar-refractivity contribution is -0.122. The van der Waals surface area contributed by atoms with Crippen LogP contribution in [0.4, 0.5) is 0 Å². The van der Waals surface area contributed by atoms with Crippen molar-refractivity contribution in [2.75, 3.05) is 13.1 Å². The van der Waals surface area contributed by atoms with Gasteiger partial charge in [-0.3, -0.25) is 23.9 Å². The van der Waals surface area contributed by atoms with Crippen molar-refractivity contribution in [3.05, 3.63) is 121 Å². The first kappa shape index (κ1) is 33.0. The normalized spacial score (nSPS) is 19.1. The van der Waals surface area contributed by atoms with Crippen molar-refractivity contribution in [2.45, 2.75) is 31.5 Å². The monoisotopic (exact) mass is 702 g/mol. The molecule has 48 heavy (non-hydrogen) atoms. The van der Waals surface area contributed by atoms with E-state index in [4.69, 9.17) is 11.6 Å². The molecule has 2 aromatic carbocycles. The van der Waals surface area contributed by atoms with Crippen molar-refractivity contribution >= 4 is 57.9 Å². The summed E-state index contributed by atoms with van der Waals surface area (Å²) < 4.78 is 1.41. The molecule has 12 nitrogen and oxygen atoms in total. The zero-order valence-corrected chi connectivity index (χ0v) is 28.3. The molecule has 3 N–H and O–H groups in total. The van der Waals surface area contributed by atoms with E-state index in [0.717, 1.165) is 5.56 Å². The van der Waals surface area contributed by atoms with E-state index in [2.05, 4.69) is 31.0 Å². The first-order chi connectivity index (χ1) is 23.1. The van der Waals surface area contributed by atoms with Crippen LogP contribution in [0.3, 0.4) is 0 Å². The van der Waals surface area contributed by atoms with Gasteiger partial charge >= 0.3 is 0 Å². The molecule has 4 amide bonds. The van der Waals surface area contributed by atoms with Gasteiger partial charge in [0.15, 0.2) is 5.69 Å². The SMILES string of the molecule is C[C@@H]1NC(=O)CN(C(=O)c2nn(C)cc2Cl)C[C@@H](c2ccccc2)NC(=O)c2csc(n2)[C@@H](Cc2ccccc2)NC(=O)c2csc1n2. The Morgan fingerprint density at radius 3 is 2.19 bits per heavy atom. The van der Waals surface area contributed by atoms with Crippen molar-refractivity contribution in [1.29, 1.82) is 0 Å². The number of thiazole rings is 2. The zero-order valence-electron chi connectivity index (χ0n) is 25.9. The summed E-state index contributed by atoms with van der Waals surface area (Å²) in [6.07, 6.45) is 1.93. The second-order valence-corrected chi connectivity index (χ2v) is 13.5. The number of rotatable bonds is 4. The maximum absolute atomic E-state index is 13.9. The molecule has 0 unspecified atom stereocenters. The molecule has 0 fully saturated rings. The van der Waals surface area contributed by atoms with Crippen LogP contribution in [0.15, 0.2) is 77.6 Å². The highest BCUT2D eigenvalue weighted by Gasteiger charge is 2.30. The molecular formula is C33H31ClN8O4S2. The van der Waals surface area contributed by atoms with Crippen molar-refractivity contribution in [3.8, 4) is 0 Å². The lowest BCUT2D eigenvalue weighted by atomic mass is 10.1. The van der Waals surface area contributed by atoms with Crippen LogP contribution in [0.25, 0.3) is 0 Å². The highest BCUT2D eigenvalue weighted by molar-refractivity contribution is 7.10. The molecule has 0 aliphatic carbocycles. The molecule has 4 heterocycles. The Kier molecular flexibility index (Phi) is 9.94. The fourth-order valence-corrected chi connectivity index (χ4v) is 7.21. The van der Waals surface area contributed by atoms with Crippen molar-refractivity contribution in [1.82, 2.24) is 40.6 Å². The van der Waals surface area contributed by atoms with Crippen LogP contribution >= 0.6 is 34.3 Å². The number of hydrogen-bond donors (Lipinski definition) is 3. The maximum Gasteiger partial charge on any atom is 0.276 e. The summed E-state index contributed by atoms with van der Waals surface area (Å²) in [6, 6.07) is 17.0.